The molecule has 0 saturated heterocycles. The molecular formula is C26H19BrCl2N6O. The summed E-state index contributed by atoms with van der Waals surface area (Å²) in [6, 6.07) is 23.7. The first kappa shape index (κ1) is 24.1. The van der Waals surface area contributed by atoms with Crippen molar-refractivity contribution < 1.29 is 4.79 Å². The lowest BCUT2D eigenvalue weighted by Crippen LogP contribution is -2.19. The highest BCUT2D eigenvalue weighted by Crippen LogP contribution is 2.30. The van der Waals surface area contributed by atoms with Crippen LogP contribution in [0.4, 0.5) is 22.0 Å². The van der Waals surface area contributed by atoms with Crippen LogP contribution in [-0.2, 0) is 6.54 Å². The van der Waals surface area contributed by atoms with Crippen molar-refractivity contribution in [3.63, 3.8) is 0 Å². The van der Waals surface area contributed by atoms with Gasteiger partial charge in [0.25, 0.3) is 0 Å². The molecule has 0 fully saturated rings. The lowest BCUT2D eigenvalue weighted by Gasteiger charge is -2.12. The molecule has 180 valence electrons. The molecule has 0 radical (unpaired) electrons. The molecule has 7 nitrogen and oxygen atoms in total. The molecule has 5 rings (SSSR count). The first-order chi connectivity index (χ1) is 17.5. The third kappa shape index (κ3) is 5.31. The fourth-order valence-electron chi connectivity index (χ4n) is 3.61. The number of fused-ring (bicyclic) bond motifs is 1. The second-order valence-electron chi connectivity index (χ2n) is 7.84. The van der Waals surface area contributed by atoms with Gasteiger partial charge < -0.3 is 16.0 Å². The standard InChI is InChI=1S/C26H19BrCl2N6O/c27-19-15-31-35-24(13-23(33-25(19)35)18-5-1-2-6-20(18)28)30-14-16-9-11-17(12-10-16)32-26(36)34-22-8-4-3-7-21(22)29/h1-13,15,30H,14H2,(H2,32,34,36). The van der Waals surface area contributed by atoms with E-state index in [4.69, 9.17) is 28.2 Å². The Hall–Kier alpha value is -3.59. The number of carbonyl (C=O) groups excluding carboxylic acids is 1. The average molecular weight is 582 g/mol. The first-order valence-corrected chi connectivity index (χ1v) is 12.5. The van der Waals surface area contributed by atoms with Crippen molar-refractivity contribution in [2.75, 3.05) is 16.0 Å². The van der Waals surface area contributed by atoms with E-state index in [1.54, 1.807) is 35.0 Å². The van der Waals surface area contributed by atoms with E-state index in [9.17, 15) is 4.79 Å². The molecular weight excluding hydrogens is 563 g/mol. The number of hydrogen-bond donors (Lipinski definition) is 3. The van der Waals surface area contributed by atoms with E-state index in [0.29, 0.717) is 33.6 Å². The zero-order valence-electron chi connectivity index (χ0n) is 18.7. The third-order valence-electron chi connectivity index (χ3n) is 5.39. The fraction of sp³-hybridized carbons (Fsp3) is 0.0385. The summed E-state index contributed by atoms with van der Waals surface area (Å²) in [5, 5.41) is 14.5. The van der Waals surface area contributed by atoms with Gasteiger partial charge in [-0.1, -0.05) is 65.7 Å². The van der Waals surface area contributed by atoms with Crippen molar-refractivity contribution in [3.05, 3.63) is 105 Å². The van der Waals surface area contributed by atoms with Gasteiger partial charge in [0.05, 0.1) is 27.1 Å². The van der Waals surface area contributed by atoms with Crippen molar-refractivity contribution in [3.8, 4) is 11.3 Å². The molecule has 3 N–H and O–H groups in total. The summed E-state index contributed by atoms with van der Waals surface area (Å²) in [6.45, 7) is 0.532. The van der Waals surface area contributed by atoms with Crippen molar-refractivity contribution in [1.29, 1.82) is 0 Å². The molecule has 0 aliphatic heterocycles. The lowest BCUT2D eigenvalue weighted by atomic mass is 10.1. The van der Waals surface area contributed by atoms with Gasteiger partial charge in [-0.25, -0.2) is 9.78 Å². The highest BCUT2D eigenvalue weighted by atomic mass is 79.9. The number of halogens is 3. The van der Waals surface area contributed by atoms with E-state index in [1.807, 2.05) is 54.6 Å². The molecule has 10 heteroatoms. The molecule has 0 atom stereocenters. The van der Waals surface area contributed by atoms with Gasteiger partial charge in [0, 0.05) is 28.9 Å². The smallest absolute Gasteiger partial charge is 0.323 e. The number of para-hydroxylation sites is 1. The highest BCUT2D eigenvalue weighted by Gasteiger charge is 2.13. The van der Waals surface area contributed by atoms with Crippen LogP contribution in [0.3, 0.4) is 0 Å². The second kappa shape index (κ2) is 10.6. The number of amides is 2. The monoisotopic (exact) mass is 580 g/mol. The molecule has 0 saturated carbocycles. The highest BCUT2D eigenvalue weighted by molar-refractivity contribution is 9.10. The molecule has 2 heterocycles. The average Bonchev–Trinajstić information content (AvgIpc) is 3.26. The molecule has 0 unspecified atom stereocenters. The van der Waals surface area contributed by atoms with E-state index in [2.05, 4.69) is 37.0 Å². The number of benzene rings is 3. The topological polar surface area (TPSA) is 83.3 Å². The van der Waals surface area contributed by atoms with Crippen LogP contribution in [0.25, 0.3) is 16.9 Å². The maximum Gasteiger partial charge on any atom is 0.323 e. The lowest BCUT2D eigenvalue weighted by molar-refractivity contribution is 0.262. The van der Waals surface area contributed by atoms with Crippen molar-refractivity contribution in [2.45, 2.75) is 6.54 Å². The van der Waals surface area contributed by atoms with Crippen LogP contribution in [0.2, 0.25) is 10.0 Å². The summed E-state index contributed by atoms with van der Waals surface area (Å²) in [7, 11) is 0. The van der Waals surface area contributed by atoms with Gasteiger partial charge in [-0.15, -0.1) is 0 Å². The van der Waals surface area contributed by atoms with Crippen LogP contribution in [0.5, 0.6) is 0 Å². The molecule has 3 aromatic carbocycles. The number of aromatic nitrogens is 3. The fourth-order valence-corrected chi connectivity index (χ4v) is 4.38. The van der Waals surface area contributed by atoms with E-state index < -0.39 is 0 Å². The number of rotatable bonds is 6. The third-order valence-corrected chi connectivity index (χ3v) is 6.60. The second-order valence-corrected chi connectivity index (χ2v) is 9.51. The quantitative estimate of drug-likeness (QED) is 0.192. The molecule has 2 amide bonds. The molecule has 0 spiro atoms. The Morgan fingerprint density at radius 1 is 0.917 bits per heavy atom. The van der Waals surface area contributed by atoms with Crippen molar-refractivity contribution in [2.24, 2.45) is 0 Å². The normalized spacial score (nSPS) is 10.9. The number of carbonyl (C=O) groups is 1. The summed E-state index contributed by atoms with van der Waals surface area (Å²) in [5.74, 6) is 0.766. The van der Waals surface area contributed by atoms with Crippen LogP contribution in [0.1, 0.15) is 5.56 Å². The number of urea groups is 1. The van der Waals surface area contributed by atoms with E-state index in [1.165, 1.54) is 0 Å². The summed E-state index contributed by atoms with van der Waals surface area (Å²) >= 11 is 16.0. The SMILES string of the molecule is O=C(Nc1ccc(CNc2cc(-c3ccccc3Cl)nc3c(Br)cnn23)cc1)Nc1ccccc1Cl. The molecule has 36 heavy (non-hydrogen) atoms. The Morgan fingerprint density at radius 2 is 1.64 bits per heavy atom. The molecule has 2 aromatic heterocycles. The van der Waals surface area contributed by atoms with Crippen LogP contribution in [-0.4, -0.2) is 20.6 Å². The molecule has 0 bridgehead atoms. The minimum Gasteiger partial charge on any atom is -0.366 e. The van der Waals surface area contributed by atoms with Crippen LogP contribution < -0.4 is 16.0 Å². The zero-order chi connectivity index (χ0) is 25.1. The molecule has 0 aliphatic rings. The van der Waals surface area contributed by atoms with Crippen LogP contribution >= 0.6 is 39.1 Å². The number of hydrogen-bond acceptors (Lipinski definition) is 4. The Kier molecular flexibility index (Phi) is 7.09. The predicted molar refractivity (Wildman–Crippen MR) is 149 cm³/mol. The Balaban J connectivity index is 1.30. The summed E-state index contributed by atoms with van der Waals surface area (Å²) < 4.78 is 2.52. The van der Waals surface area contributed by atoms with E-state index >= 15 is 0 Å². The van der Waals surface area contributed by atoms with E-state index in [0.717, 1.165) is 27.1 Å². The number of nitrogens with zero attached hydrogens (tertiary/aromatic N) is 3. The first-order valence-electron chi connectivity index (χ1n) is 10.9. The predicted octanol–water partition coefficient (Wildman–Crippen LogP) is 7.72. The summed E-state index contributed by atoms with van der Waals surface area (Å²) in [5.41, 5.74) is 4.47. The van der Waals surface area contributed by atoms with Gasteiger partial charge in [0.15, 0.2) is 5.65 Å². The number of nitrogens with one attached hydrogen (secondary N) is 3. The van der Waals surface area contributed by atoms with Gasteiger partial charge in [-0.3, -0.25) is 0 Å². The molecule has 5 aromatic rings. The summed E-state index contributed by atoms with van der Waals surface area (Å²) in [4.78, 5) is 17.0. The Morgan fingerprint density at radius 3 is 2.39 bits per heavy atom. The van der Waals surface area contributed by atoms with Crippen LogP contribution in [0, 0.1) is 0 Å². The molecule has 0 aliphatic carbocycles. The van der Waals surface area contributed by atoms with Gasteiger partial charge in [0.1, 0.15) is 5.82 Å². The minimum absolute atomic E-state index is 0.371. The maximum atomic E-state index is 12.3. The van der Waals surface area contributed by atoms with Gasteiger partial charge in [-0.2, -0.15) is 9.61 Å². The van der Waals surface area contributed by atoms with Crippen molar-refractivity contribution in [1.82, 2.24) is 14.6 Å². The zero-order valence-corrected chi connectivity index (χ0v) is 21.8. The van der Waals surface area contributed by atoms with Gasteiger partial charge >= 0.3 is 6.03 Å². The van der Waals surface area contributed by atoms with Crippen LogP contribution in [0.15, 0.2) is 89.5 Å². The van der Waals surface area contributed by atoms with Crippen molar-refractivity contribution >= 4 is 68.0 Å². The van der Waals surface area contributed by atoms with Gasteiger partial charge in [0.2, 0.25) is 0 Å². The largest absolute Gasteiger partial charge is 0.366 e. The maximum absolute atomic E-state index is 12.3. The van der Waals surface area contributed by atoms with Gasteiger partial charge in [-0.05, 0) is 51.8 Å². The Labute approximate surface area is 225 Å². The van der Waals surface area contributed by atoms with E-state index in [-0.39, 0.29) is 6.03 Å². The Bertz CT molecular complexity index is 1550. The number of anilines is 3. The minimum atomic E-state index is -0.371. The summed E-state index contributed by atoms with van der Waals surface area (Å²) in [6.07, 6.45) is 1.71.